The molecule has 2 aliphatic heterocycles. The molecule has 2 atom stereocenters. The van der Waals surface area contributed by atoms with Gasteiger partial charge in [-0.05, 0) is 54.1 Å². The number of carbonyl (C=O) groups is 1. The van der Waals surface area contributed by atoms with Crippen LogP contribution in [-0.2, 0) is 11.3 Å². The highest BCUT2D eigenvalue weighted by Gasteiger charge is 2.50. The van der Waals surface area contributed by atoms with Crippen LogP contribution < -0.4 is 14.4 Å². The molecule has 182 valence electrons. The second-order valence-corrected chi connectivity index (χ2v) is 9.03. The number of piperazine rings is 1. The molecule has 0 unspecified atom stereocenters. The lowest BCUT2D eigenvalue weighted by atomic mass is 9.95. The second kappa shape index (κ2) is 10.5. The average Bonchev–Trinajstić information content (AvgIpc) is 2.90. The molecule has 2 saturated heterocycles. The fourth-order valence-electron chi connectivity index (χ4n) is 4.78. The zero-order valence-corrected chi connectivity index (χ0v) is 19.8. The fraction of sp³-hybridized carbons (Fsp3) is 0.321. The van der Waals surface area contributed by atoms with Crippen LogP contribution >= 0.6 is 0 Å². The van der Waals surface area contributed by atoms with Gasteiger partial charge in [-0.25, -0.2) is 4.39 Å². The van der Waals surface area contributed by atoms with Crippen molar-refractivity contribution in [1.82, 2.24) is 9.80 Å². The predicted octanol–water partition coefficient (Wildman–Crippen LogP) is 3.81. The van der Waals surface area contributed by atoms with Crippen molar-refractivity contribution in [2.75, 3.05) is 44.7 Å². The summed E-state index contributed by atoms with van der Waals surface area (Å²) in [5, 5.41) is 0. The van der Waals surface area contributed by atoms with E-state index in [0.29, 0.717) is 12.3 Å². The molecule has 3 aromatic rings. The molecular formula is C28H30FN3O3. The van der Waals surface area contributed by atoms with E-state index in [1.807, 2.05) is 35.2 Å². The highest BCUT2D eigenvalue weighted by atomic mass is 19.1. The number of methoxy groups -OCH3 is 1. The van der Waals surface area contributed by atoms with Crippen LogP contribution in [-0.4, -0.2) is 67.7 Å². The average molecular weight is 476 g/mol. The molecule has 35 heavy (non-hydrogen) atoms. The lowest BCUT2D eigenvalue weighted by Gasteiger charge is -2.49. The van der Waals surface area contributed by atoms with E-state index in [9.17, 15) is 9.18 Å². The van der Waals surface area contributed by atoms with Crippen LogP contribution in [0.5, 0.6) is 11.5 Å². The molecule has 1 amide bonds. The van der Waals surface area contributed by atoms with Gasteiger partial charge in [-0.15, -0.1) is 0 Å². The van der Waals surface area contributed by atoms with Gasteiger partial charge in [0.25, 0.3) is 5.91 Å². The van der Waals surface area contributed by atoms with Crippen molar-refractivity contribution < 1.29 is 18.7 Å². The number of β-lactam (4-membered cyclic amide) rings is 1. The fourth-order valence-corrected chi connectivity index (χ4v) is 4.78. The van der Waals surface area contributed by atoms with Crippen LogP contribution in [0.2, 0.25) is 0 Å². The Morgan fingerprint density at radius 2 is 1.46 bits per heavy atom. The van der Waals surface area contributed by atoms with Gasteiger partial charge in [-0.3, -0.25) is 14.6 Å². The molecule has 5 rings (SSSR count). The van der Waals surface area contributed by atoms with E-state index in [1.165, 1.54) is 17.7 Å². The Bertz CT molecular complexity index is 1120. The molecule has 6 nitrogen and oxygen atoms in total. The monoisotopic (exact) mass is 475 g/mol. The number of amides is 1. The maximum absolute atomic E-state index is 13.3. The van der Waals surface area contributed by atoms with Gasteiger partial charge in [0.05, 0.1) is 13.2 Å². The lowest BCUT2D eigenvalue weighted by molar-refractivity contribution is -0.135. The number of anilines is 1. The summed E-state index contributed by atoms with van der Waals surface area (Å²) in [5.41, 5.74) is 2.14. The highest BCUT2D eigenvalue weighted by Crippen LogP contribution is 2.33. The Morgan fingerprint density at radius 1 is 0.829 bits per heavy atom. The molecule has 2 heterocycles. The number of hydrogen-bond acceptors (Lipinski definition) is 5. The van der Waals surface area contributed by atoms with Crippen molar-refractivity contribution in [1.29, 1.82) is 0 Å². The number of carbonyl (C=O) groups excluding carboxylic acids is 1. The summed E-state index contributed by atoms with van der Waals surface area (Å²) >= 11 is 0. The molecule has 0 aliphatic carbocycles. The van der Waals surface area contributed by atoms with Crippen molar-refractivity contribution in [2.45, 2.75) is 18.7 Å². The maximum atomic E-state index is 13.3. The Hall–Kier alpha value is -3.42. The maximum Gasteiger partial charge on any atom is 0.270 e. The van der Waals surface area contributed by atoms with E-state index >= 15 is 0 Å². The first-order valence-electron chi connectivity index (χ1n) is 12.0. The number of ether oxygens (including phenoxy) is 2. The summed E-state index contributed by atoms with van der Waals surface area (Å²) < 4.78 is 24.7. The molecule has 3 aromatic carbocycles. The van der Waals surface area contributed by atoms with Gasteiger partial charge in [0.1, 0.15) is 17.3 Å². The van der Waals surface area contributed by atoms with Crippen molar-refractivity contribution >= 4 is 11.6 Å². The van der Waals surface area contributed by atoms with Gasteiger partial charge < -0.3 is 14.4 Å². The van der Waals surface area contributed by atoms with Crippen LogP contribution in [0.4, 0.5) is 10.1 Å². The van der Waals surface area contributed by atoms with Crippen LogP contribution in [0.3, 0.4) is 0 Å². The molecule has 0 aromatic heterocycles. The zero-order valence-electron chi connectivity index (χ0n) is 19.8. The summed E-state index contributed by atoms with van der Waals surface area (Å²) in [4.78, 5) is 19.8. The quantitative estimate of drug-likeness (QED) is 0.464. The van der Waals surface area contributed by atoms with Gasteiger partial charge >= 0.3 is 0 Å². The lowest BCUT2D eigenvalue weighted by Crippen LogP contribution is -2.71. The van der Waals surface area contributed by atoms with Crippen molar-refractivity contribution in [2.24, 2.45) is 0 Å². The SMILES string of the molecule is COc1ccc(N2C(=O)[C@@H](Oc3ccc(F)cc3)[C@H]2CN2CCN(Cc3ccccc3)CC2)cc1. The first-order chi connectivity index (χ1) is 17.1. The number of halogens is 1. The Balaban J connectivity index is 1.26. The van der Waals surface area contributed by atoms with E-state index in [-0.39, 0.29) is 17.8 Å². The number of benzene rings is 3. The Morgan fingerprint density at radius 3 is 2.11 bits per heavy atom. The van der Waals surface area contributed by atoms with Crippen molar-refractivity contribution in [3.8, 4) is 11.5 Å². The van der Waals surface area contributed by atoms with Crippen LogP contribution in [0.15, 0.2) is 78.9 Å². The van der Waals surface area contributed by atoms with Crippen LogP contribution in [0, 0.1) is 5.82 Å². The van der Waals surface area contributed by atoms with Gasteiger partial charge in [0, 0.05) is 45.0 Å². The van der Waals surface area contributed by atoms with Crippen LogP contribution in [0.25, 0.3) is 0 Å². The summed E-state index contributed by atoms with van der Waals surface area (Å²) in [7, 11) is 1.62. The third-order valence-corrected chi connectivity index (χ3v) is 6.75. The first-order valence-corrected chi connectivity index (χ1v) is 12.0. The van der Waals surface area contributed by atoms with Crippen LogP contribution in [0.1, 0.15) is 5.56 Å². The highest BCUT2D eigenvalue weighted by molar-refractivity contribution is 6.05. The number of nitrogens with zero attached hydrogens (tertiary/aromatic N) is 3. The Labute approximate surface area is 205 Å². The van der Waals surface area contributed by atoms with E-state index in [0.717, 1.165) is 44.2 Å². The molecule has 0 radical (unpaired) electrons. The van der Waals surface area contributed by atoms with Gasteiger partial charge in [-0.1, -0.05) is 30.3 Å². The Kier molecular flexibility index (Phi) is 6.97. The molecule has 2 aliphatic rings. The standard InChI is InChI=1S/C28H30FN3O3/c1-34-24-13-9-23(10-14-24)32-26(27(28(32)33)35-25-11-7-22(29)8-12-25)20-31-17-15-30(16-18-31)19-21-5-3-2-4-6-21/h2-14,26-27H,15-20H2,1H3/t26-,27+/m1/s1. The molecule has 0 saturated carbocycles. The van der Waals surface area contributed by atoms with Crippen molar-refractivity contribution in [3.63, 3.8) is 0 Å². The van der Waals surface area contributed by atoms with E-state index in [1.54, 1.807) is 19.2 Å². The summed E-state index contributed by atoms with van der Waals surface area (Å²) in [6.07, 6.45) is -0.607. The molecule has 2 fully saturated rings. The van der Waals surface area contributed by atoms with E-state index in [2.05, 4.69) is 34.1 Å². The summed E-state index contributed by atoms with van der Waals surface area (Å²) in [5.74, 6) is 0.818. The number of hydrogen-bond donors (Lipinski definition) is 0. The minimum absolute atomic E-state index is 0.0906. The molecule has 7 heteroatoms. The number of rotatable bonds is 8. The summed E-state index contributed by atoms with van der Waals surface area (Å²) in [6.45, 7) is 5.46. The first kappa shape index (κ1) is 23.3. The van der Waals surface area contributed by atoms with Gasteiger partial charge in [0.2, 0.25) is 0 Å². The predicted molar refractivity (Wildman–Crippen MR) is 133 cm³/mol. The van der Waals surface area contributed by atoms with Gasteiger partial charge in [0.15, 0.2) is 6.10 Å². The zero-order chi connectivity index (χ0) is 24.2. The van der Waals surface area contributed by atoms with Gasteiger partial charge in [-0.2, -0.15) is 0 Å². The smallest absolute Gasteiger partial charge is 0.270 e. The molecule has 0 N–H and O–H groups in total. The summed E-state index contributed by atoms with van der Waals surface area (Å²) in [6, 6.07) is 23.7. The van der Waals surface area contributed by atoms with Crippen molar-refractivity contribution in [3.05, 3.63) is 90.2 Å². The minimum Gasteiger partial charge on any atom is -0.497 e. The molecular weight excluding hydrogens is 445 g/mol. The topological polar surface area (TPSA) is 45.2 Å². The minimum atomic E-state index is -0.607. The third kappa shape index (κ3) is 5.31. The molecule has 0 bridgehead atoms. The molecule has 0 spiro atoms. The second-order valence-electron chi connectivity index (χ2n) is 9.03. The third-order valence-electron chi connectivity index (χ3n) is 6.75. The van der Waals surface area contributed by atoms with E-state index < -0.39 is 6.10 Å². The largest absolute Gasteiger partial charge is 0.497 e. The normalized spacial score (nSPS) is 21.0. The van der Waals surface area contributed by atoms with E-state index in [4.69, 9.17) is 9.47 Å².